The van der Waals surface area contributed by atoms with Crippen molar-refractivity contribution in [3.8, 4) is 0 Å². The molecule has 0 spiro atoms. The molecule has 0 bridgehead atoms. The highest BCUT2D eigenvalue weighted by Crippen LogP contribution is 2.07. The molecule has 80 valence electrons. The van der Waals surface area contributed by atoms with E-state index in [0.29, 0.717) is 0 Å². The standard InChI is InChI=1S/C12H10FN3/c13-10-4-6-11(7-5-10)16-15-9-12-3-1-2-8-14-12/h1-9,16H/b15-9-. The molecule has 1 heterocycles. The van der Waals surface area contributed by atoms with E-state index in [0.717, 1.165) is 11.4 Å². The van der Waals surface area contributed by atoms with Crippen LogP contribution in [-0.4, -0.2) is 11.2 Å². The number of hydrogen-bond acceptors (Lipinski definition) is 3. The van der Waals surface area contributed by atoms with Crippen LogP contribution in [0.25, 0.3) is 0 Å². The van der Waals surface area contributed by atoms with Crippen LogP contribution in [0, 0.1) is 5.82 Å². The summed E-state index contributed by atoms with van der Waals surface area (Å²) in [5.74, 6) is -0.265. The molecule has 2 rings (SSSR count). The SMILES string of the molecule is Fc1ccc(N/N=C\c2ccccn2)cc1. The van der Waals surface area contributed by atoms with Crippen LogP contribution in [-0.2, 0) is 0 Å². The molecule has 0 aliphatic rings. The van der Waals surface area contributed by atoms with E-state index in [4.69, 9.17) is 0 Å². The molecule has 0 radical (unpaired) electrons. The number of hydrazone groups is 1. The Balaban J connectivity index is 1.97. The fraction of sp³-hybridized carbons (Fsp3) is 0. The quantitative estimate of drug-likeness (QED) is 0.631. The first-order valence-electron chi connectivity index (χ1n) is 4.80. The Hall–Kier alpha value is -2.23. The monoisotopic (exact) mass is 215 g/mol. The molecular weight excluding hydrogens is 205 g/mol. The Morgan fingerprint density at radius 3 is 2.62 bits per heavy atom. The smallest absolute Gasteiger partial charge is 0.123 e. The van der Waals surface area contributed by atoms with Gasteiger partial charge in [-0.15, -0.1) is 0 Å². The van der Waals surface area contributed by atoms with Crippen LogP contribution in [0.4, 0.5) is 10.1 Å². The van der Waals surface area contributed by atoms with Crippen molar-refractivity contribution in [2.24, 2.45) is 5.10 Å². The molecular formula is C12H10FN3. The first-order valence-corrected chi connectivity index (χ1v) is 4.80. The lowest BCUT2D eigenvalue weighted by molar-refractivity contribution is 0.628. The Morgan fingerprint density at radius 1 is 1.12 bits per heavy atom. The summed E-state index contributed by atoms with van der Waals surface area (Å²) in [6, 6.07) is 11.5. The number of pyridine rings is 1. The zero-order valence-corrected chi connectivity index (χ0v) is 8.47. The van der Waals surface area contributed by atoms with Crippen molar-refractivity contribution in [3.05, 3.63) is 60.2 Å². The van der Waals surface area contributed by atoms with Gasteiger partial charge in [-0.1, -0.05) is 6.07 Å². The Labute approximate surface area is 92.7 Å². The molecule has 2 aromatic rings. The lowest BCUT2D eigenvalue weighted by Gasteiger charge is -1.98. The molecule has 0 fully saturated rings. The molecule has 0 amide bonds. The van der Waals surface area contributed by atoms with Crippen molar-refractivity contribution >= 4 is 11.9 Å². The van der Waals surface area contributed by atoms with Gasteiger partial charge < -0.3 is 0 Å². The number of rotatable bonds is 3. The molecule has 1 N–H and O–H groups in total. The normalized spacial score (nSPS) is 10.6. The van der Waals surface area contributed by atoms with Gasteiger partial charge in [-0.05, 0) is 36.4 Å². The number of nitrogens with zero attached hydrogens (tertiary/aromatic N) is 2. The topological polar surface area (TPSA) is 37.3 Å². The van der Waals surface area contributed by atoms with Crippen LogP contribution in [0.1, 0.15) is 5.69 Å². The molecule has 1 aromatic heterocycles. The molecule has 0 saturated heterocycles. The summed E-state index contributed by atoms with van der Waals surface area (Å²) < 4.78 is 12.6. The van der Waals surface area contributed by atoms with Gasteiger partial charge >= 0.3 is 0 Å². The first kappa shape index (κ1) is 10.3. The summed E-state index contributed by atoms with van der Waals surface area (Å²) >= 11 is 0. The highest BCUT2D eigenvalue weighted by molar-refractivity contribution is 5.77. The third-order valence-electron chi connectivity index (χ3n) is 1.92. The van der Waals surface area contributed by atoms with Crippen molar-refractivity contribution in [2.45, 2.75) is 0 Å². The number of nitrogens with one attached hydrogen (secondary N) is 1. The van der Waals surface area contributed by atoms with E-state index in [1.54, 1.807) is 24.5 Å². The minimum Gasteiger partial charge on any atom is -0.278 e. The van der Waals surface area contributed by atoms with Crippen molar-refractivity contribution in [1.29, 1.82) is 0 Å². The zero-order chi connectivity index (χ0) is 11.2. The third-order valence-corrected chi connectivity index (χ3v) is 1.92. The Kier molecular flexibility index (Phi) is 3.23. The van der Waals surface area contributed by atoms with E-state index in [9.17, 15) is 4.39 Å². The van der Waals surface area contributed by atoms with Crippen LogP contribution >= 0.6 is 0 Å². The van der Waals surface area contributed by atoms with Gasteiger partial charge in [0.05, 0.1) is 17.6 Å². The second kappa shape index (κ2) is 5.02. The van der Waals surface area contributed by atoms with Gasteiger partial charge in [0.15, 0.2) is 0 Å². The van der Waals surface area contributed by atoms with Crippen molar-refractivity contribution in [1.82, 2.24) is 4.98 Å². The van der Waals surface area contributed by atoms with Gasteiger partial charge in [-0.3, -0.25) is 10.4 Å². The van der Waals surface area contributed by atoms with Gasteiger partial charge in [0, 0.05) is 6.20 Å². The summed E-state index contributed by atoms with van der Waals surface area (Å²) in [5, 5.41) is 3.98. The fourth-order valence-electron chi connectivity index (χ4n) is 1.15. The zero-order valence-electron chi connectivity index (χ0n) is 8.47. The van der Waals surface area contributed by atoms with E-state index in [2.05, 4.69) is 15.5 Å². The van der Waals surface area contributed by atoms with E-state index in [1.807, 2.05) is 18.2 Å². The Bertz CT molecular complexity index is 465. The molecule has 0 aliphatic heterocycles. The summed E-state index contributed by atoms with van der Waals surface area (Å²) in [4.78, 5) is 4.07. The molecule has 1 aromatic carbocycles. The van der Waals surface area contributed by atoms with Gasteiger partial charge in [-0.25, -0.2) is 4.39 Å². The summed E-state index contributed by atoms with van der Waals surface area (Å²) in [7, 11) is 0. The molecule has 0 aliphatic carbocycles. The van der Waals surface area contributed by atoms with Crippen LogP contribution in [0.15, 0.2) is 53.8 Å². The predicted molar refractivity (Wildman–Crippen MR) is 61.9 cm³/mol. The highest BCUT2D eigenvalue weighted by atomic mass is 19.1. The largest absolute Gasteiger partial charge is 0.278 e. The molecule has 4 heteroatoms. The molecule has 16 heavy (non-hydrogen) atoms. The highest BCUT2D eigenvalue weighted by Gasteiger charge is 1.90. The maximum atomic E-state index is 12.6. The molecule has 3 nitrogen and oxygen atoms in total. The lowest BCUT2D eigenvalue weighted by atomic mass is 10.3. The molecule has 0 atom stereocenters. The number of benzene rings is 1. The van der Waals surface area contributed by atoms with Gasteiger partial charge in [-0.2, -0.15) is 5.10 Å². The summed E-state index contributed by atoms with van der Waals surface area (Å²) in [5.41, 5.74) is 4.27. The summed E-state index contributed by atoms with van der Waals surface area (Å²) in [6.07, 6.45) is 3.29. The molecule has 0 saturated carbocycles. The number of hydrogen-bond donors (Lipinski definition) is 1. The second-order valence-corrected chi connectivity index (χ2v) is 3.13. The average Bonchev–Trinajstić information content (AvgIpc) is 2.33. The number of aromatic nitrogens is 1. The van der Waals surface area contributed by atoms with E-state index >= 15 is 0 Å². The van der Waals surface area contributed by atoms with E-state index in [1.165, 1.54) is 12.1 Å². The average molecular weight is 215 g/mol. The summed E-state index contributed by atoms with van der Waals surface area (Å²) in [6.45, 7) is 0. The number of anilines is 1. The fourth-order valence-corrected chi connectivity index (χ4v) is 1.15. The van der Waals surface area contributed by atoms with Crippen LogP contribution in [0.2, 0.25) is 0 Å². The maximum absolute atomic E-state index is 12.6. The molecule has 0 unspecified atom stereocenters. The van der Waals surface area contributed by atoms with Gasteiger partial charge in [0.1, 0.15) is 5.82 Å². The van der Waals surface area contributed by atoms with Crippen LogP contribution < -0.4 is 5.43 Å². The van der Waals surface area contributed by atoms with Crippen LogP contribution in [0.5, 0.6) is 0 Å². The van der Waals surface area contributed by atoms with E-state index < -0.39 is 0 Å². The van der Waals surface area contributed by atoms with Gasteiger partial charge in [0.2, 0.25) is 0 Å². The second-order valence-electron chi connectivity index (χ2n) is 3.13. The van der Waals surface area contributed by atoms with Crippen molar-refractivity contribution < 1.29 is 4.39 Å². The number of halogens is 1. The first-order chi connectivity index (χ1) is 7.84. The van der Waals surface area contributed by atoms with Gasteiger partial charge in [0.25, 0.3) is 0 Å². The van der Waals surface area contributed by atoms with Crippen molar-refractivity contribution in [3.63, 3.8) is 0 Å². The third kappa shape index (κ3) is 2.88. The minimum atomic E-state index is -0.265. The van der Waals surface area contributed by atoms with Crippen molar-refractivity contribution in [2.75, 3.05) is 5.43 Å². The minimum absolute atomic E-state index is 0.265. The van der Waals surface area contributed by atoms with E-state index in [-0.39, 0.29) is 5.82 Å². The predicted octanol–water partition coefficient (Wildman–Crippen LogP) is 2.67. The maximum Gasteiger partial charge on any atom is 0.123 e. The lowest BCUT2D eigenvalue weighted by Crippen LogP contribution is -1.92. The van der Waals surface area contributed by atoms with Crippen LogP contribution in [0.3, 0.4) is 0 Å². The Morgan fingerprint density at radius 2 is 1.94 bits per heavy atom.